The number of rotatable bonds is 3. The van der Waals surface area contributed by atoms with Crippen LogP contribution in [-0.4, -0.2) is 23.2 Å². The van der Waals surface area contributed by atoms with Gasteiger partial charge in [-0.05, 0) is 30.3 Å². The number of pyridine rings is 1. The standard InChI is InChI=1S/C17H11ClFNO3/c1-23-11-4-2-3-9(5-11)15-8-13(17(21)22)12-6-10(18)7-14(19)16(12)20-15/h2-8H,1H3,(H,21,22). The van der Waals surface area contributed by atoms with Crippen molar-refractivity contribution in [2.75, 3.05) is 7.11 Å². The molecule has 0 atom stereocenters. The van der Waals surface area contributed by atoms with Crippen molar-refractivity contribution in [1.82, 2.24) is 4.98 Å². The Morgan fingerprint density at radius 2 is 2.04 bits per heavy atom. The number of halogens is 2. The van der Waals surface area contributed by atoms with Gasteiger partial charge in [0.15, 0.2) is 5.82 Å². The normalized spacial score (nSPS) is 10.7. The summed E-state index contributed by atoms with van der Waals surface area (Å²) in [6.07, 6.45) is 0. The second-order valence-electron chi connectivity index (χ2n) is 4.88. The second-order valence-corrected chi connectivity index (χ2v) is 5.31. The summed E-state index contributed by atoms with van der Waals surface area (Å²) in [5.74, 6) is -1.25. The highest BCUT2D eigenvalue weighted by molar-refractivity contribution is 6.31. The number of aromatic nitrogens is 1. The van der Waals surface area contributed by atoms with Gasteiger partial charge in [0.05, 0.1) is 18.4 Å². The van der Waals surface area contributed by atoms with E-state index in [1.165, 1.54) is 19.2 Å². The first-order chi connectivity index (χ1) is 11.0. The van der Waals surface area contributed by atoms with Crippen molar-refractivity contribution < 1.29 is 19.0 Å². The van der Waals surface area contributed by atoms with Crippen molar-refractivity contribution in [3.8, 4) is 17.0 Å². The number of carboxylic acids is 1. The maximum absolute atomic E-state index is 14.2. The molecular formula is C17H11ClFNO3. The number of hydrogen-bond donors (Lipinski definition) is 1. The van der Waals surface area contributed by atoms with Gasteiger partial charge in [0, 0.05) is 16.0 Å². The van der Waals surface area contributed by atoms with E-state index in [9.17, 15) is 14.3 Å². The maximum atomic E-state index is 14.2. The van der Waals surface area contributed by atoms with Gasteiger partial charge in [-0.1, -0.05) is 23.7 Å². The number of carbonyl (C=O) groups is 1. The monoisotopic (exact) mass is 331 g/mol. The molecule has 0 aliphatic rings. The lowest BCUT2D eigenvalue weighted by Crippen LogP contribution is -2.01. The van der Waals surface area contributed by atoms with E-state index < -0.39 is 11.8 Å². The number of methoxy groups -OCH3 is 1. The van der Waals surface area contributed by atoms with Crippen LogP contribution in [0, 0.1) is 5.82 Å². The molecule has 0 fully saturated rings. The Morgan fingerprint density at radius 1 is 1.26 bits per heavy atom. The molecule has 3 rings (SSSR count). The van der Waals surface area contributed by atoms with Crippen LogP contribution in [0.4, 0.5) is 4.39 Å². The molecule has 0 spiro atoms. The predicted molar refractivity (Wildman–Crippen MR) is 85.7 cm³/mol. The average Bonchev–Trinajstić information content (AvgIpc) is 2.54. The van der Waals surface area contributed by atoms with Gasteiger partial charge in [0.25, 0.3) is 0 Å². The summed E-state index contributed by atoms with van der Waals surface area (Å²) in [6, 6.07) is 10.9. The molecular weight excluding hydrogens is 321 g/mol. The zero-order valence-electron chi connectivity index (χ0n) is 12.0. The Hall–Kier alpha value is -2.66. The van der Waals surface area contributed by atoms with Crippen LogP contribution in [0.15, 0.2) is 42.5 Å². The lowest BCUT2D eigenvalue weighted by atomic mass is 10.0. The van der Waals surface area contributed by atoms with Crippen LogP contribution in [0.3, 0.4) is 0 Å². The summed E-state index contributed by atoms with van der Waals surface area (Å²) in [5, 5.41) is 9.70. The summed E-state index contributed by atoms with van der Waals surface area (Å²) in [5.41, 5.74) is 0.875. The molecule has 0 bridgehead atoms. The molecule has 2 aromatic carbocycles. The Bertz CT molecular complexity index is 927. The average molecular weight is 332 g/mol. The van der Waals surface area contributed by atoms with Gasteiger partial charge in [0.2, 0.25) is 0 Å². The molecule has 4 nitrogen and oxygen atoms in total. The van der Waals surface area contributed by atoms with Crippen molar-refractivity contribution in [3.63, 3.8) is 0 Å². The molecule has 1 aromatic heterocycles. The third-order valence-corrected chi connectivity index (χ3v) is 3.65. The van der Waals surface area contributed by atoms with Gasteiger partial charge in [0.1, 0.15) is 11.3 Å². The molecule has 1 N–H and O–H groups in total. The van der Waals surface area contributed by atoms with Crippen LogP contribution in [0.1, 0.15) is 10.4 Å². The van der Waals surface area contributed by atoms with Gasteiger partial charge in [-0.15, -0.1) is 0 Å². The van der Waals surface area contributed by atoms with E-state index in [0.717, 1.165) is 6.07 Å². The lowest BCUT2D eigenvalue weighted by molar-refractivity contribution is 0.0699. The molecule has 0 unspecified atom stereocenters. The number of benzene rings is 2. The van der Waals surface area contributed by atoms with Crippen molar-refractivity contribution in [2.24, 2.45) is 0 Å². The first kappa shape index (κ1) is 15.2. The highest BCUT2D eigenvalue weighted by Gasteiger charge is 2.16. The van der Waals surface area contributed by atoms with Gasteiger partial charge in [-0.3, -0.25) is 0 Å². The zero-order chi connectivity index (χ0) is 16.6. The number of carboxylic acid groups (broad SMARTS) is 1. The molecule has 116 valence electrons. The molecule has 0 amide bonds. The van der Waals surface area contributed by atoms with Crippen molar-refractivity contribution >= 4 is 28.5 Å². The van der Waals surface area contributed by atoms with Crippen molar-refractivity contribution in [2.45, 2.75) is 0 Å². The molecule has 0 aliphatic carbocycles. The Balaban J connectivity index is 2.32. The molecule has 0 radical (unpaired) electrons. The molecule has 6 heteroatoms. The lowest BCUT2D eigenvalue weighted by Gasteiger charge is -2.09. The minimum atomic E-state index is -1.18. The van der Waals surface area contributed by atoms with E-state index in [-0.39, 0.29) is 21.5 Å². The fraction of sp³-hybridized carbons (Fsp3) is 0.0588. The topological polar surface area (TPSA) is 59.4 Å². The number of ether oxygens (including phenoxy) is 1. The number of fused-ring (bicyclic) bond motifs is 1. The highest BCUT2D eigenvalue weighted by atomic mass is 35.5. The SMILES string of the molecule is COc1cccc(-c2cc(C(=O)O)c3cc(Cl)cc(F)c3n2)c1. The minimum absolute atomic E-state index is 0.0351. The van der Waals surface area contributed by atoms with Crippen LogP contribution in [0.5, 0.6) is 5.75 Å². The Morgan fingerprint density at radius 3 is 2.74 bits per heavy atom. The van der Waals surface area contributed by atoms with Crippen LogP contribution in [0.25, 0.3) is 22.2 Å². The van der Waals surface area contributed by atoms with Crippen LogP contribution in [-0.2, 0) is 0 Å². The summed E-state index contributed by atoms with van der Waals surface area (Å²) in [4.78, 5) is 15.8. The highest BCUT2D eigenvalue weighted by Crippen LogP contribution is 2.30. The van der Waals surface area contributed by atoms with Crippen molar-refractivity contribution in [3.05, 3.63) is 58.9 Å². The zero-order valence-corrected chi connectivity index (χ0v) is 12.8. The summed E-state index contributed by atoms with van der Waals surface area (Å²) >= 11 is 5.82. The van der Waals surface area contributed by atoms with E-state index in [2.05, 4.69) is 4.98 Å². The summed E-state index contributed by atoms with van der Waals surface area (Å²) in [7, 11) is 1.53. The third kappa shape index (κ3) is 2.83. The molecule has 0 saturated heterocycles. The van der Waals surface area contributed by atoms with E-state index >= 15 is 0 Å². The molecule has 23 heavy (non-hydrogen) atoms. The molecule has 0 saturated carbocycles. The minimum Gasteiger partial charge on any atom is -0.497 e. The fourth-order valence-electron chi connectivity index (χ4n) is 2.36. The quantitative estimate of drug-likeness (QED) is 0.772. The van der Waals surface area contributed by atoms with E-state index in [1.54, 1.807) is 24.3 Å². The van der Waals surface area contributed by atoms with E-state index in [0.29, 0.717) is 17.0 Å². The molecule has 3 aromatic rings. The predicted octanol–water partition coefficient (Wildman–Crippen LogP) is 4.40. The summed E-state index contributed by atoms with van der Waals surface area (Å²) < 4.78 is 19.3. The Kier molecular flexibility index (Phi) is 3.88. The van der Waals surface area contributed by atoms with E-state index in [4.69, 9.17) is 16.3 Å². The molecule has 0 aliphatic heterocycles. The first-order valence-corrected chi connectivity index (χ1v) is 7.05. The largest absolute Gasteiger partial charge is 0.497 e. The van der Waals surface area contributed by atoms with Crippen LogP contribution >= 0.6 is 11.6 Å². The van der Waals surface area contributed by atoms with Crippen LogP contribution in [0.2, 0.25) is 5.02 Å². The number of hydrogen-bond acceptors (Lipinski definition) is 3. The third-order valence-electron chi connectivity index (χ3n) is 3.43. The number of aromatic carboxylic acids is 1. The molecule has 1 heterocycles. The fourth-order valence-corrected chi connectivity index (χ4v) is 2.56. The smallest absolute Gasteiger partial charge is 0.336 e. The Labute approximate surface area is 136 Å². The van der Waals surface area contributed by atoms with Gasteiger partial charge >= 0.3 is 5.97 Å². The first-order valence-electron chi connectivity index (χ1n) is 6.67. The van der Waals surface area contributed by atoms with Gasteiger partial charge in [-0.2, -0.15) is 0 Å². The van der Waals surface area contributed by atoms with Gasteiger partial charge in [-0.25, -0.2) is 14.2 Å². The van der Waals surface area contributed by atoms with Gasteiger partial charge < -0.3 is 9.84 Å². The number of nitrogens with zero attached hydrogens (tertiary/aromatic N) is 1. The van der Waals surface area contributed by atoms with Crippen molar-refractivity contribution in [1.29, 1.82) is 0 Å². The summed E-state index contributed by atoms with van der Waals surface area (Å²) in [6.45, 7) is 0. The van der Waals surface area contributed by atoms with E-state index in [1.807, 2.05) is 0 Å². The second kappa shape index (κ2) is 5.85. The maximum Gasteiger partial charge on any atom is 0.336 e. The van der Waals surface area contributed by atoms with Crippen LogP contribution < -0.4 is 4.74 Å².